The van der Waals surface area contributed by atoms with Crippen LogP contribution in [-0.2, 0) is 11.2 Å². The van der Waals surface area contributed by atoms with Gasteiger partial charge in [0.1, 0.15) is 0 Å². The Balaban J connectivity index is 1.55. The minimum Gasteiger partial charge on any atom is -0.360 e. The lowest BCUT2D eigenvalue weighted by Crippen LogP contribution is -2.33. The van der Waals surface area contributed by atoms with Gasteiger partial charge in [-0.05, 0) is 55.0 Å². The smallest absolute Gasteiger partial charge is 0.237 e. The molecule has 0 radical (unpaired) electrons. The summed E-state index contributed by atoms with van der Waals surface area (Å²) in [4.78, 5) is 15.9. The Kier molecular flexibility index (Phi) is 8.25. The van der Waals surface area contributed by atoms with Crippen molar-refractivity contribution < 1.29 is 4.79 Å². The van der Waals surface area contributed by atoms with Gasteiger partial charge in [-0.25, -0.2) is 0 Å². The van der Waals surface area contributed by atoms with E-state index in [2.05, 4.69) is 45.2 Å². The van der Waals surface area contributed by atoms with E-state index in [1.165, 1.54) is 28.0 Å². The van der Waals surface area contributed by atoms with E-state index >= 15 is 0 Å². The summed E-state index contributed by atoms with van der Waals surface area (Å²) in [6, 6.07) is 12.3. The van der Waals surface area contributed by atoms with Gasteiger partial charge in [0.05, 0.1) is 18.2 Å². The second-order valence-electron chi connectivity index (χ2n) is 6.72. The number of benzene rings is 1. The van der Waals surface area contributed by atoms with Gasteiger partial charge < -0.3 is 10.2 Å². The first-order valence-electron chi connectivity index (χ1n) is 9.53. The van der Waals surface area contributed by atoms with E-state index in [9.17, 15) is 4.79 Å². The molecule has 3 rings (SSSR count). The maximum atomic E-state index is 12.9. The Morgan fingerprint density at radius 3 is 2.77 bits per heavy atom. The van der Waals surface area contributed by atoms with Crippen molar-refractivity contribution >= 4 is 51.2 Å². The number of nitrogens with zero attached hydrogens (tertiary/aromatic N) is 4. The molecule has 0 aliphatic heterocycles. The van der Waals surface area contributed by atoms with E-state index in [4.69, 9.17) is 5.26 Å². The lowest BCUT2D eigenvalue weighted by molar-refractivity contribution is -0.116. The number of thiophene rings is 1. The highest BCUT2D eigenvalue weighted by Crippen LogP contribution is 2.27. The number of thioether (sulfide) groups is 1. The number of anilines is 2. The number of rotatable bonds is 10. The van der Waals surface area contributed by atoms with E-state index in [0.717, 1.165) is 39.3 Å². The Morgan fingerprint density at radius 1 is 1.27 bits per heavy atom. The summed E-state index contributed by atoms with van der Waals surface area (Å²) < 4.78 is 0.752. The molecule has 0 saturated heterocycles. The number of amides is 1. The van der Waals surface area contributed by atoms with Gasteiger partial charge >= 0.3 is 0 Å². The lowest BCUT2D eigenvalue weighted by Gasteiger charge is -2.22. The molecule has 1 amide bonds. The van der Waals surface area contributed by atoms with Gasteiger partial charge in [0, 0.05) is 23.7 Å². The molecule has 0 saturated carbocycles. The molecule has 2 heterocycles. The van der Waals surface area contributed by atoms with Crippen LogP contribution >= 0.6 is 34.4 Å². The van der Waals surface area contributed by atoms with E-state index in [1.807, 2.05) is 26.0 Å². The van der Waals surface area contributed by atoms with Gasteiger partial charge in [-0.3, -0.25) is 4.79 Å². The third-order valence-corrected chi connectivity index (χ3v) is 7.15. The van der Waals surface area contributed by atoms with E-state index in [0.29, 0.717) is 13.0 Å². The summed E-state index contributed by atoms with van der Waals surface area (Å²) in [5.41, 5.74) is 3.02. The Hall–Kier alpha value is -2.41. The summed E-state index contributed by atoms with van der Waals surface area (Å²) in [6.07, 6.45) is 1.24. The topological polar surface area (TPSA) is 81.9 Å². The highest BCUT2D eigenvalue weighted by Gasteiger charge is 2.17. The monoisotopic (exact) mass is 457 g/mol. The zero-order chi connectivity index (χ0) is 21.3. The number of hydrogen-bond acceptors (Lipinski definition) is 8. The number of carbonyl (C=O) groups is 1. The molecule has 0 unspecified atom stereocenters. The van der Waals surface area contributed by atoms with Gasteiger partial charge in [-0.1, -0.05) is 35.2 Å². The molecular formula is C21H23N5OS3. The van der Waals surface area contributed by atoms with Crippen LogP contribution in [0.25, 0.3) is 0 Å². The SMILES string of the molecule is Cc1cc(C)cc(N(CCC#N)C(=O)CSc2nnc(NCCc3cccs3)s2)c1. The second-order valence-corrected chi connectivity index (χ2v) is 9.95. The maximum Gasteiger partial charge on any atom is 0.237 e. The van der Waals surface area contributed by atoms with Crippen LogP contribution in [0, 0.1) is 25.2 Å². The van der Waals surface area contributed by atoms with E-state index < -0.39 is 0 Å². The third-order valence-electron chi connectivity index (χ3n) is 4.22. The largest absolute Gasteiger partial charge is 0.360 e. The third kappa shape index (κ3) is 6.55. The zero-order valence-corrected chi connectivity index (χ0v) is 19.4. The molecule has 9 heteroatoms. The van der Waals surface area contributed by atoms with Gasteiger partial charge in [0.15, 0.2) is 4.34 Å². The normalized spacial score (nSPS) is 10.6. The van der Waals surface area contributed by atoms with Crippen molar-refractivity contribution in [2.45, 2.75) is 31.0 Å². The molecule has 156 valence electrons. The molecule has 0 atom stereocenters. The van der Waals surface area contributed by atoms with Crippen molar-refractivity contribution in [3.63, 3.8) is 0 Å². The van der Waals surface area contributed by atoms with Crippen LogP contribution < -0.4 is 10.2 Å². The standard InChI is InChI=1S/C21H23N5OS3/c1-15-11-16(2)13-17(12-15)26(9-4-7-22)19(27)14-29-21-25-24-20(30-21)23-8-6-18-5-3-10-28-18/h3,5,10-13H,4,6,8-9,14H2,1-2H3,(H,23,24). The molecule has 0 bridgehead atoms. The Morgan fingerprint density at radius 2 is 2.07 bits per heavy atom. The molecule has 0 aliphatic rings. The van der Waals surface area contributed by atoms with Crippen molar-refractivity contribution in [2.24, 2.45) is 0 Å². The van der Waals surface area contributed by atoms with Gasteiger partial charge in [-0.15, -0.1) is 21.5 Å². The van der Waals surface area contributed by atoms with Crippen LogP contribution in [0.1, 0.15) is 22.4 Å². The average molecular weight is 458 g/mol. The van der Waals surface area contributed by atoms with Crippen molar-refractivity contribution in [3.8, 4) is 6.07 Å². The summed E-state index contributed by atoms with van der Waals surface area (Å²) in [5.74, 6) is 0.213. The first kappa shape index (κ1) is 22.3. The van der Waals surface area contributed by atoms with Crippen molar-refractivity contribution in [1.29, 1.82) is 5.26 Å². The Bertz CT molecular complexity index is 990. The maximum absolute atomic E-state index is 12.9. The minimum absolute atomic E-state index is 0.0392. The fourth-order valence-corrected chi connectivity index (χ4v) is 5.32. The van der Waals surface area contributed by atoms with Gasteiger partial charge in [-0.2, -0.15) is 5.26 Å². The predicted molar refractivity (Wildman–Crippen MR) is 126 cm³/mol. The highest BCUT2D eigenvalue weighted by molar-refractivity contribution is 8.01. The molecule has 0 aliphatic carbocycles. The molecule has 6 nitrogen and oxygen atoms in total. The van der Waals surface area contributed by atoms with Gasteiger partial charge in [0.25, 0.3) is 0 Å². The average Bonchev–Trinajstić information content (AvgIpc) is 3.38. The second kappa shape index (κ2) is 11.1. The molecule has 0 fully saturated rings. The van der Waals surface area contributed by atoms with E-state index in [1.54, 1.807) is 16.2 Å². The molecule has 3 aromatic rings. The highest BCUT2D eigenvalue weighted by atomic mass is 32.2. The van der Waals surface area contributed by atoms with Crippen molar-refractivity contribution in [3.05, 3.63) is 51.7 Å². The summed E-state index contributed by atoms with van der Waals surface area (Å²) >= 11 is 4.57. The summed E-state index contributed by atoms with van der Waals surface area (Å²) in [5, 5.41) is 23.4. The van der Waals surface area contributed by atoms with Crippen LogP contribution in [0.3, 0.4) is 0 Å². The number of nitriles is 1. The number of aromatic nitrogens is 2. The number of hydrogen-bond donors (Lipinski definition) is 1. The van der Waals surface area contributed by atoms with Crippen LogP contribution in [-0.4, -0.2) is 34.9 Å². The minimum atomic E-state index is -0.0392. The molecule has 0 spiro atoms. The predicted octanol–water partition coefficient (Wildman–Crippen LogP) is 4.91. The van der Waals surface area contributed by atoms with Crippen LogP contribution in [0.4, 0.5) is 10.8 Å². The number of carbonyl (C=O) groups excluding carboxylic acids is 1. The molecular weight excluding hydrogens is 434 g/mol. The Labute approximate surface area is 189 Å². The van der Waals surface area contributed by atoms with Crippen LogP contribution in [0.15, 0.2) is 40.1 Å². The molecule has 30 heavy (non-hydrogen) atoms. The quantitative estimate of drug-likeness (QED) is 0.436. The van der Waals surface area contributed by atoms with Crippen molar-refractivity contribution in [1.82, 2.24) is 10.2 Å². The molecule has 1 N–H and O–H groups in total. The first-order valence-corrected chi connectivity index (χ1v) is 12.2. The van der Waals surface area contributed by atoms with Crippen molar-refractivity contribution in [2.75, 3.05) is 29.1 Å². The fraction of sp³-hybridized carbons (Fsp3) is 0.333. The molecule has 1 aromatic carbocycles. The van der Waals surface area contributed by atoms with Crippen LogP contribution in [0.2, 0.25) is 0 Å². The molecule has 2 aromatic heterocycles. The zero-order valence-electron chi connectivity index (χ0n) is 16.9. The van der Waals surface area contributed by atoms with E-state index in [-0.39, 0.29) is 11.7 Å². The fourth-order valence-electron chi connectivity index (χ4n) is 2.95. The first-order chi connectivity index (χ1) is 14.5. The van der Waals surface area contributed by atoms with Gasteiger partial charge in [0.2, 0.25) is 11.0 Å². The van der Waals surface area contributed by atoms with Crippen LogP contribution in [0.5, 0.6) is 0 Å². The lowest BCUT2D eigenvalue weighted by atomic mass is 10.1. The summed E-state index contributed by atoms with van der Waals surface area (Å²) in [6.45, 7) is 5.19. The summed E-state index contributed by atoms with van der Waals surface area (Å²) in [7, 11) is 0. The number of nitrogens with one attached hydrogen (secondary N) is 1. The number of aryl methyl sites for hydroxylation is 2.